The number of nitrogens with two attached hydrogens (primary N) is 1. The molecule has 2 fully saturated rings. The smallest absolute Gasteiger partial charge is 0.253 e. The summed E-state index contributed by atoms with van der Waals surface area (Å²) in [7, 11) is 0. The summed E-state index contributed by atoms with van der Waals surface area (Å²) >= 11 is 1.34. The van der Waals surface area contributed by atoms with Crippen molar-refractivity contribution in [2.75, 3.05) is 45.1 Å². The minimum Gasteiger partial charge on any atom is -0.378 e. The number of carbonyl (C=O) groups is 3. The van der Waals surface area contributed by atoms with E-state index in [9.17, 15) is 27.6 Å². The molecule has 4 rings (SSSR count). The molecule has 0 saturated carbocycles. The fourth-order valence-electron chi connectivity index (χ4n) is 5.31. The molecule has 4 N–H and O–H groups in total. The van der Waals surface area contributed by atoms with Crippen LogP contribution in [0.25, 0.3) is 0 Å². The van der Waals surface area contributed by atoms with Gasteiger partial charge in [0.25, 0.3) is 5.91 Å². The van der Waals surface area contributed by atoms with Crippen LogP contribution in [0.15, 0.2) is 35.9 Å². The molecule has 2 heterocycles. The molecule has 4 atom stereocenters. The SMILES string of the molecule is CC(C)C(NC1C=CC(CNC(=O)[C@@H]2SCCN2C(=O)C[C@H](N)Cc2cc(F)c(F)cc2F)=CC1)C(=O)N1CCOCC1. The number of ether oxygens (including phenoxy) is 1. The van der Waals surface area contributed by atoms with E-state index in [-0.39, 0.29) is 60.7 Å². The van der Waals surface area contributed by atoms with Crippen molar-refractivity contribution in [2.24, 2.45) is 11.7 Å². The van der Waals surface area contributed by atoms with E-state index in [1.165, 1.54) is 16.7 Å². The van der Waals surface area contributed by atoms with Crippen LogP contribution in [0.4, 0.5) is 13.2 Å². The molecule has 1 aromatic rings. The Morgan fingerprint density at radius 1 is 1.09 bits per heavy atom. The standard InChI is InChI=1S/C30H40F3N5O4S/c1-18(2)27(29(41)37-7-10-42-11-8-37)36-22-5-3-19(4-6-22)17-35-28(40)30-38(9-12-43-30)26(39)15-21(34)13-20-14-24(32)25(33)16-23(20)31/h3-5,14,16,18,21-22,27,30,36H,6-13,15,17,34H2,1-2H3,(H,35,40)/t21-,22?,27?,30+/m1/s1. The van der Waals surface area contributed by atoms with Gasteiger partial charge in [0, 0.05) is 56.5 Å². The van der Waals surface area contributed by atoms with Crippen LogP contribution in [0.2, 0.25) is 0 Å². The van der Waals surface area contributed by atoms with Crippen molar-refractivity contribution in [1.82, 2.24) is 20.4 Å². The molecular weight excluding hydrogens is 583 g/mol. The molecule has 9 nitrogen and oxygen atoms in total. The molecule has 0 radical (unpaired) electrons. The highest BCUT2D eigenvalue weighted by molar-refractivity contribution is 8.00. The van der Waals surface area contributed by atoms with Crippen LogP contribution in [0, 0.1) is 23.4 Å². The summed E-state index contributed by atoms with van der Waals surface area (Å²) < 4.78 is 46.1. The van der Waals surface area contributed by atoms with Crippen molar-refractivity contribution >= 4 is 29.5 Å². The van der Waals surface area contributed by atoms with Gasteiger partial charge in [0.2, 0.25) is 11.8 Å². The lowest BCUT2D eigenvalue weighted by atomic mass is 9.97. The Balaban J connectivity index is 1.24. The van der Waals surface area contributed by atoms with Crippen molar-refractivity contribution in [2.45, 2.75) is 56.6 Å². The topological polar surface area (TPSA) is 117 Å². The summed E-state index contributed by atoms with van der Waals surface area (Å²) in [5, 5.41) is 5.66. The normalized spacial score (nSPS) is 22.0. The first-order chi connectivity index (χ1) is 20.5. The van der Waals surface area contributed by atoms with Crippen LogP contribution < -0.4 is 16.4 Å². The molecule has 3 amide bonds. The third kappa shape index (κ3) is 8.84. The fraction of sp³-hybridized carbons (Fsp3) is 0.567. The van der Waals surface area contributed by atoms with E-state index < -0.39 is 28.9 Å². The quantitative estimate of drug-likeness (QED) is 0.324. The second kappa shape index (κ2) is 15.2. The predicted octanol–water partition coefficient (Wildman–Crippen LogP) is 2.11. The van der Waals surface area contributed by atoms with Gasteiger partial charge in [-0.05, 0) is 36.0 Å². The molecule has 236 valence electrons. The van der Waals surface area contributed by atoms with Gasteiger partial charge in [0.15, 0.2) is 17.0 Å². The van der Waals surface area contributed by atoms with E-state index in [4.69, 9.17) is 10.5 Å². The number of rotatable bonds is 11. The van der Waals surface area contributed by atoms with Crippen LogP contribution in [0.5, 0.6) is 0 Å². The molecule has 1 aliphatic carbocycles. The van der Waals surface area contributed by atoms with E-state index in [0.29, 0.717) is 51.1 Å². The highest BCUT2D eigenvalue weighted by Crippen LogP contribution is 2.26. The van der Waals surface area contributed by atoms with Crippen LogP contribution in [0.3, 0.4) is 0 Å². The Labute approximate surface area is 254 Å². The third-order valence-corrected chi connectivity index (χ3v) is 8.94. The van der Waals surface area contributed by atoms with Gasteiger partial charge >= 0.3 is 0 Å². The molecule has 0 aromatic heterocycles. The van der Waals surface area contributed by atoms with E-state index in [2.05, 4.69) is 10.6 Å². The Morgan fingerprint density at radius 3 is 2.49 bits per heavy atom. The average molecular weight is 624 g/mol. The molecule has 2 unspecified atom stereocenters. The lowest BCUT2D eigenvalue weighted by Crippen LogP contribution is -2.54. The van der Waals surface area contributed by atoms with Gasteiger partial charge in [-0.3, -0.25) is 19.7 Å². The Morgan fingerprint density at radius 2 is 1.81 bits per heavy atom. The summed E-state index contributed by atoms with van der Waals surface area (Å²) in [6.45, 7) is 7.00. The molecule has 1 aromatic carbocycles. The van der Waals surface area contributed by atoms with Gasteiger partial charge in [0.1, 0.15) is 5.82 Å². The Hall–Kier alpha value is -2.87. The summed E-state index contributed by atoms with van der Waals surface area (Å²) in [5.74, 6) is -3.29. The number of nitrogens with one attached hydrogen (secondary N) is 2. The number of morpholine rings is 1. The zero-order chi connectivity index (χ0) is 31.1. The largest absolute Gasteiger partial charge is 0.378 e. The Kier molecular flexibility index (Phi) is 11.7. The maximum atomic E-state index is 14.0. The van der Waals surface area contributed by atoms with Crippen molar-refractivity contribution in [3.63, 3.8) is 0 Å². The zero-order valence-electron chi connectivity index (χ0n) is 24.5. The van der Waals surface area contributed by atoms with Crippen LogP contribution in [-0.2, 0) is 25.5 Å². The van der Waals surface area contributed by atoms with Crippen LogP contribution in [0.1, 0.15) is 32.3 Å². The van der Waals surface area contributed by atoms with E-state index in [1.807, 2.05) is 37.0 Å². The van der Waals surface area contributed by atoms with E-state index >= 15 is 0 Å². The lowest BCUT2D eigenvalue weighted by Gasteiger charge is -2.34. The lowest BCUT2D eigenvalue weighted by molar-refractivity contribution is -0.138. The summed E-state index contributed by atoms with van der Waals surface area (Å²) in [4.78, 5) is 42.3. The molecule has 3 aliphatic rings. The van der Waals surface area contributed by atoms with Crippen molar-refractivity contribution in [1.29, 1.82) is 0 Å². The fourth-order valence-corrected chi connectivity index (χ4v) is 6.48. The number of benzene rings is 1. The number of halogens is 3. The summed E-state index contributed by atoms with van der Waals surface area (Å²) in [6.07, 6.45) is 6.30. The highest BCUT2D eigenvalue weighted by atomic mass is 32.2. The monoisotopic (exact) mass is 623 g/mol. The number of nitrogens with zero attached hydrogens (tertiary/aromatic N) is 2. The van der Waals surface area contributed by atoms with Crippen LogP contribution in [-0.4, -0.2) is 96.2 Å². The van der Waals surface area contributed by atoms with Gasteiger partial charge in [-0.2, -0.15) is 0 Å². The molecule has 13 heteroatoms. The second-order valence-corrected chi connectivity index (χ2v) is 12.5. The molecular formula is C30H40F3N5O4S. The Bertz CT molecular complexity index is 1240. The van der Waals surface area contributed by atoms with Crippen molar-refractivity contribution in [3.8, 4) is 0 Å². The zero-order valence-corrected chi connectivity index (χ0v) is 25.3. The molecule has 0 bridgehead atoms. The number of carbonyl (C=O) groups excluding carboxylic acids is 3. The number of hydrogen-bond donors (Lipinski definition) is 3. The molecule has 43 heavy (non-hydrogen) atoms. The number of amides is 3. The van der Waals surface area contributed by atoms with Crippen molar-refractivity contribution in [3.05, 3.63) is 58.9 Å². The first kappa shape index (κ1) is 33.0. The number of thioether (sulfide) groups is 1. The van der Waals surface area contributed by atoms with Gasteiger partial charge < -0.3 is 25.6 Å². The van der Waals surface area contributed by atoms with E-state index in [1.54, 1.807) is 0 Å². The van der Waals surface area contributed by atoms with Gasteiger partial charge in [-0.1, -0.05) is 32.1 Å². The number of hydrogen-bond acceptors (Lipinski definition) is 7. The minimum absolute atomic E-state index is 0.0144. The van der Waals surface area contributed by atoms with Gasteiger partial charge in [-0.15, -0.1) is 11.8 Å². The molecule has 2 aliphatic heterocycles. The van der Waals surface area contributed by atoms with Gasteiger partial charge in [-0.25, -0.2) is 13.2 Å². The summed E-state index contributed by atoms with van der Waals surface area (Å²) in [5.41, 5.74) is 6.84. The van der Waals surface area contributed by atoms with Gasteiger partial charge in [0.05, 0.1) is 19.3 Å². The average Bonchev–Trinajstić information content (AvgIpc) is 3.48. The first-order valence-corrected chi connectivity index (χ1v) is 15.7. The predicted molar refractivity (Wildman–Crippen MR) is 158 cm³/mol. The highest BCUT2D eigenvalue weighted by Gasteiger charge is 2.35. The maximum absolute atomic E-state index is 14.0. The van der Waals surface area contributed by atoms with Crippen molar-refractivity contribution < 1.29 is 32.3 Å². The van der Waals surface area contributed by atoms with E-state index in [0.717, 1.165) is 11.6 Å². The second-order valence-electron chi connectivity index (χ2n) is 11.4. The maximum Gasteiger partial charge on any atom is 0.253 e. The molecule has 2 saturated heterocycles. The summed E-state index contributed by atoms with van der Waals surface area (Å²) in [6, 6.07) is 0.0471. The van der Waals surface area contributed by atoms with Crippen LogP contribution >= 0.6 is 11.8 Å². The molecule has 0 spiro atoms. The first-order valence-electron chi connectivity index (χ1n) is 14.6. The third-order valence-electron chi connectivity index (χ3n) is 7.74. The minimum atomic E-state index is -1.29.